The van der Waals surface area contributed by atoms with Crippen molar-refractivity contribution >= 4 is 11.7 Å². The van der Waals surface area contributed by atoms with E-state index in [9.17, 15) is 9.18 Å². The zero-order chi connectivity index (χ0) is 13.3. The van der Waals surface area contributed by atoms with E-state index in [2.05, 4.69) is 13.8 Å². The molecule has 2 unspecified atom stereocenters. The maximum atomic E-state index is 13.7. The molecule has 18 heavy (non-hydrogen) atoms. The summed E-state index contributed by atoms with van der Waals surface area (Å²) in [6, 6.07) is 4.71. The Balaban J connectivity index is 2.39. The van der Waals surface area contributed by atoms with Crippen LogP contribution in [-0.4, -0.2) is 23.7 Å². The van der Waals surface area contributed by atoms with E-state index in [4.69, 9.17) is 5.11 Å². The maximum absolute atomic E-state index is 13.7. The van der Waals surface area contributed by atoms with E-state index in [-0.39, 0.29) is 11.6 Å². The Morgan fingerprint density at radius 3 is 2.78 bits per heavy atom. The van der Waals surface area contributed by atoms with Gasteiger partial charge in [0.05, 0.1) is 5.69 Å². The van der Waals surface area contributed by atoms with Crippen molar-refractivity contribution in [1.82, 2.24) is 0 Å². The minimum absolute atomic E-state index is 0.209. The second kappa shape index (κ2) is 4.96. The van der Waals surface area contributed by atoms with E-state index in [1.807, 2.05) is 4.90 Å². The Morgan fingerprint density at radius 2 is 2.17 bits per heavy atom. The third kappa shape index (κ3) is 2.33. The molecule has 1 heterocycles. The van der Waals surface area contributed by atoms with E-state index in [1.165, 1.54) is 6.07 Å². The first kappa shape index (κ1) is 12.9. The Hall–Kier alpha value is -1.58. The van der Waals surface area contributed by atoms with E-state index in [0.29, 0.717) is 11.6 Å². The third-order valence-electron chi connectivity index (χ3n) is 3.65. The Morgan fingerprint density at radius 1 is 1.44 bits per heavy atom. The molecular weight excluding hydrogens is 233 g/mol. The predicted molar refractivity (Wildman–Crippen MR) is 68.6 cm³/mol. The molecule has 1 aromatic carbocycles. The highest BCUT2D eigenvalue weighted by molar-refractivity contribution is 5.94. The van der Waals surface area contributed by atoms with Gasteiger partial charge in [-0.3, -0.25) is 0 Å². The van der Waals surface area contributed by atoms with E-state index in [0.717, 1.165) is 19.4 Å². The van der Waals surface area contributed by atoms with Crippen molar-refractivity contribution < 1.29 is 14.3 Å². The molecule has 3 nitrogen and oxygen atoms in total. The molecule has 1 fully saturated rings. The van der Waals surface area contributed by atoms with Crippen LogP contribution in [0.15, 0.2) is 18.2 Å². The molecule has 1 aromatic rings. The van der Waals surface area contributed by atoms with Gasteiger partial charge < -0.3 is 10.0 Å². The van der Waals surface area contributed by atoms with Crippen LogP contribution in [0.25, 0.3) is 0 Å². The van der Waals surface area contributed by atoms with Crippen LogP contribution in [-0.2, 0) is 0 Å². The number of hydrogen-bond donors (Lipinski definition) is 1. The van der Waals surface area contributed by atoms with Crippen molar-refractivity contribution in [3.63, 3.8) is 0 Å². The molecule has 0 aromatic heterocycles. The highest BCUT2D eigenvalue weighted by Crippen LogP contribution is 2.31. The Kier molecular flexibility index (Phi) is 3.55. The number of carboxylic acids is 1. The third-order valence-corrected chi connectivity index (χ3v) is 3.65. The minimum atomic E-state index is -1.20. The normalized spacial score (nSPS) is 24.1. The SMILES string of the molecule is CC1CCN(c2cccc(F)c2C(=O)O)C(C)C1. The summed E-state index contributed by atoms with van der Waals surface area (Å²) in [4.78, 5) is 13.2. The zero-order valence-electron chi connectivity index (χ0n) is 10.7. The Labute approximate surface area is 106 Å². The molecule has 0 saturated carbocycles. The van der Waals surface area contributed by atoms with Crippen molar-refractivity contribution in [2.45, 2.75) is 32.7 Å². The van der Waals surface area contributed by atoms with Gasteiger partial charge in [0.2, 0.25) is 0 Å². The lowest BCUT2D eigenvalue weighted by Crippen LogP contribution is -2.41. The fraction of sp³-hybridized carbons (Fsp3) is 0.500. The number of piperidine rings is 1. The zero-order valence-corrected chi connectivity index (χ0v) is 10.7. The lowest BCUT2D eigenvalue weighted by Gasteiger charge is -2.38. The first-order valence-electron chi connectivity index (χ1n) is 6.29. The molecule has 1 aliphatic rings. The van der Waals surface area contributed by atoms with Gasteiger partial charge >= 0.3 is 5.97 Å². The largest absolute Gasteiger partial charge is 0.478 e. The van der Waals surface area contributed by atoms with Gasteiger partial charge in [-0.25, -0.2) is 9.18 Å². The molecule has 2 atom stereocenters. The smallest absolute Gasteiger partial charge is 0.340 e. The van der Waals surface area contributed by atoms with Gasteiger partial charge in [-0.05, 0) is 37.8 Å². The first-order valence-corrected chi connectivity index (χ1v) is 6.29. The van der Waals surface area contributed by atoms with Gasteiger partial charge in [0.1, 0.15) is 11.4 Å². The van der Waals surface area contributed by atoms with Gasteiger partial charge in [-0.2, -0.15) is 0 Å². The van der Waals surface area contributed by atoms with E-state index < -0.39 is 11.8 Å². The molecule has 1 N–H and O–H groups in total. The van der Waals surface area contributed by atoms with Crippen LogP contribution < -0.4 is 4.90 Å². The highest BCUT2D eigenvalue weighted by Gasteiger charge is 2.27. The van der Waals surface area contributed by atoms with Crippen molar-refractivity contribution in [1.29, 1.82) is 0 Å². The molecule has 1 saturated heterocycles. The van der Waals surface area contributed by atoms with Crippen LogP contribution in [0.3, 0.4) is 0 Å². The first-order chi connectivity index (χ1) is 8.50. The lowest BCUT2D eigenvalue weighted by atomic mass is 9.92. The standard InChI is InChI=1S/C14H18FNO2/c1-9-6-7-16(10(2)8-9)12-5-3-4-11(15)13(12)14(17)18/h3-5,9-10H,6-8H2,1-2H3,(H,17,18). The van der Waals surface area contributed by atoms with E-state index in [1.54, 1.807) is 12.1 Å². The van der Waals surface area contributed by atoms with E-state index >= 15 is 0 Å². The number of anilines is 1. The van der Waals surface area contributed by atoms with Gasteiger partial charge in [-0.1, -0.05) is 13.0 Å². The van der Waals surface area contributed by atoms with Gasteiger partial charge in [-0.15, -0.1) is 0 Å². The molecule has 0 amide bonds. The molecule has 0 bridgehead atoms. The fourth-order valence-corrected chi connectivity index (χ4v) is 2.73. The topological polar surface area (TPSA) is 40.5 Å². The quantitative estimate of drug-likeness (QED) is 0.877. The number of carboxylic acid groups (broad SMARTS) is 1. The van der Waals surface area contributed by atoms with Crippen LogP contribution in [0.2, 0.25) is 0 Å². The van der Waals surface area contributed by atoms with Gasteiger partial charge in [0, 0.05) is 12.6 Å². The maximum Gasteiger partial charge on any atom is 0.340 e. The number of halogens is 1. The predicted octanol–water partition coefficient (Wildman–Crippen LogP) is 3.15. The fourth-order valence-electron chi connectivity index (χ4n) is 2.73. The molecule has 0 aliphatic carbocycles. The molecule has 0 spiro atoms. The number of aromatic carboxylic acids is 1. The molecule has 2 rings (SSSR count). The van der Waals surface area contributed by atoms with Crippen LogP contribution >= 0.6 is 0 Å². The molecule has 98 valence electrons. The summed E-state index contributed by atoms with van der Waals surface area (Å²) in [5, 5.41) is 9.15. The summed E-state index contributed by atoms with van der Waals surface area (Å²) in [6.07, 6.45) is 2.02. The summed E-state index contributed by atoms with van der Waals surface area (Å²) in [5.41, 5.74) is 0.292. The highest BCUT2D eigenvalue weighted by atomic mass is 19.1. The summed E-state index contributed by atoms with van der Waals surface area (Å²) < 4.78 is 13.7. The average Bonchev–Trinajstić information content (AvgIpc) is 2.28. The Bertz CT molecular complexity index is 461. The molecule has 0 radical (unpaired) electrons. The molecule has 1 aliphatic heterocycles. The van der Waals surface area contributed by atoms with Crippen LogP contribution in [0.1, 0.15) is 37.0 Å². The van der Waals surface area contributed by atoms with Crippen molar-refractivity contribution in [3.8, 4) is 0 Å². The average molecular weight is 251 g/mol. The van der Waals surface area contributed by atoms with Crippen molar-refractivity contribution in [3.05, 3.63) is 29.6 Å². The van der Waals surface area contributed by atoms with Gasteiger partial charge in [0.15, 0.2) is 0 Å². The van der Waals surface area contributed by atoms with Crippen molar-refractivity contribution in [2.75, 3.05) is 11.4 Å². The summed E-state index contributed by atoms with van der Waals surface area (Å²) in [5.74, 6) is -1.22. The number of rotatable bonds is 2. The second-order valence-electron chi connectivity index (χ2n) is 5.11. The minimum Gasteiger partial charge on any atom is -0.478 e. The van der Waals surface area contributed by atoms with Crippen LogP contribution in [0.4, 0.5) is 10.1 Å². The van der Waals surface area contributed by atoms with Crippen molar-refractivity contribution in [2.24, 2.45) is 5.92 Å². The van der Waals surface area contributed by atoms with Crippen LogP contribution in [0, 0.1) is 11.7 Å². The second-order valence-corrected chi connectivity index (χ2v) is 5.11. The summed E-state index contributed by atoms with van der Waals surface area (Å²) >= 11 is 0. The number of hydrogen-bond acceptors (Lipinski definition) is 2. The number of benzene rings is 1. The molecular formula is C14H18FNO2. The summed E-state index contributed by atoms with van der Waals surface area (Å²) in [7, 11) is 0. The number of carbonyl (C=O) groups is 1. The lowest BCUT2D eigenvalue weighted by molar-refractivity contribution is 0.0692. The number of nitrogens with zero attached hydrogens (tertiary/aromatic N) is 1. The van der Waals surface area contributed by atoms with Gasteiger partial charge in [0.25, 0.3) is 0 Å². The van der Waals surface area contributed by atoms with Crippen LogP contribution in [0.5, 0.6) is 0 Å². The summed E-state index contributed by atoms with van der Waals surface area (Å²) in [6.45, 7) is 5.04. The molecule has 4 heteroatoms. The monoisotopic (exact) mass is 251 g/mol.